The first kappa shape index (κ1) is 20.6. The third kappa shape index (κ3) is 4.31. The normalized spacial score (nSPS) is 18.2. The van der Waals surface area contributed by atoms with Crippen molar-refractivity contribution in [2.75, 3.05) is 20.2 Å². The van der Waals surface area contributed by atoms with Gasteiger partial charge in [-0.15, -0.1) is 0 Å². The molecule has 0 saturated carbocycles. The average molecular weight is 393 g/mol. The number of amides is 2. The van der Waals surface area contributed by atoms with Crippen LogP contribution in [-0.2, 0) is 4.79 Å². The van der Waals surface area contributed by atoms with Crippen LogP contribution in [0.25, 0.3) is 5.57 Å². The molecule has 1 aromatic carbocycles. The van der Waals surface area contributed by atoms with Gasteiger partial charge < -0.3 is 15.0 Å². The molecule has 1 atom stereocenters. The Morgan fingerprint density at radius 2 is 2.17 bits per heavy atom. The molecule has 2 aliphatic heterocycles. The molecule has 0 radical (unpaired) electrons. The van der Waals surface area contributed by atoms with E-state index in [1.807, 2.05) is 37.4 Å². The highest BCUT2D eigenvalue weighted by Crippen LogP contribution is 2.38. The Morgan fingerprint density at radius 1 is 1.38 bits per heavy atom. The number of allylic oxidation sites excluding steroid dienone is 2. The summed E-state index contributed by atoms with van der Waals surface area (Å²) in [5, 5.41) is 2.94. The van der Waals surface area contributed by atoms with Crippen molar-refractivity contribution in [3.05, 3.63) is 59.3 Å². The number of rotatable bonds is 7. The molecule has 0 aromatic heterocycles. The van der Waals surface area contributed by atoms with Crippen molar-refractivity contribution in [3.8, 4) is 5.75 Å². The minimum atomic E-state index is -0.552. The number of nitrogens with zero attached hydrogens (tertiary/aromatic N) is 2. The fourth-order valence-corrected chi connectivity index (χ4v) is 3.31. The molecule has 0 aliphatic carbocycles. The topological polar surface area (TPSA) is 71.0 Å². The zero-order chi connectivity index (χ0) is 21.0. The highest BCUT2D eigenvalue weighted by molar-refractivity contribution is 6.05. The van der Waals surface area contributed by atoms with Gasteiger partial charge in [0.2, 0.25) is 0 Å². The molecule has 0 saturated heterocycles. The van der Waals surface area contributed by atoms with Gasteiger partial charge in [-0.1, -0.05) is 26.0 Å². The van der Waals surface area contributed by atoms with Gasteiger partial charge in [0.15, 0.2) is 6.04 Å². The predicted molar refractivity (Wildman–Crippen MR) is 115 cm³/mol. The first-order valence-electron chi connectivity index (χ1n) is 9.80. The van der Waals surface area contributed by atoms with Gasteiger partial charge in [0, 0.05) is 42.2 Å². The van der Waals surface area contributed by atoms with E-state index in [-0.39, 0.29) is 11.8 Å². The van der Waals surface area contributed by atoms with Gasteiger partial charge in [-0.25, -0.2) is 0 Å². The van der Waals surface area contributed by atoms with Crippen molar-refractivity contribution in [3.63, 3.8) is 0 Å². The molecule has 1 N–H and O–H groups in total. The fourth-order valence-electron chi connectivity index (χ4n) is 3.31. The number of nitrogens with one attached hydrogen (secondary N) is 1. The van der Waals surface area contributed by atoms with Crippen molar-refractivity contribution in [1.29, 1.82) is 0 Å². The van der Waals surface area contributed by atoms with E-state index < -0.39 is 6.04 Å². The highest BCUT2D eigenvalue weighted by atomic mass is 16.5. The molecule has 0 fully saturated rings. The number of carbonyl (C=O) groups excluding carboxylic acids is 2. The van der Waals surface area contributed by atoms with E-state index in [1.165, 1.54) is 0 Å². The van der Waals surface area contributed by atoms with Crippen molar-refractivity contribution in [1.82, 2.24) is 10.2 Å². The van der Waals surface area contributed by atoms with E-state index in [0.29, 0.717) is 30.3 Å². The Labute approximate surface area is 171 Å². The largest absolute Gasteiger partial charge is 0.496 e. The smallest absolute Gasteiger partial charge is 0.256 e. The molecule has 6 nitrogen and oxygen atoms in total. The summed E-state index contributed by atoms with van der Waals surface area (Å²) in [6.45, 7) is 7.09. The summed E-state index contributed by atoms with van der Waals surface area (Å²) in [6.07, 6.45) is 9.17. The Hall–Kier alpha value is -3.15. The fraction of sp³-hybridized carbons (Fsp3) is 0.348. The lowest BCUT2D eigenvalue weighted by Crippen LogP contribution is -2.39. The Morgan fingerprint density at radius 3 is 2.86 bits per heavy atom. The molecule has 1 unspecified atom stereocenters. The quantitative estimate of drug-likeness (QED) is 0.723. The molecular formula is C23H27N3O3. The monoisotopic (exact) mass is 393 g/mol. The number of carbonyl (C=O) groups is 2. The van der Waals surface area contributed by atoms with Gasteiger partial charge >= 0.3 is 0 Å². The minimum Gasteiger partial charge on any atom is -0.496 e. The van der Waals surface area contributed by atoms with Crippen molar-refractivity contribution < 1.29 is 14.3 Å². The number of hydrogen-bond donors (Lipinski definition) is 1. The van der Waals surface area contributed by atoms with Gasteiger partial charge in [0.1, 0.15) is 5.75 Å². The SMILES string of the molecule is C/C=C/CN1C=C(c2cc(C(=O)NCC(C)C)ccc2OC)C2=CC=NC2C1=O. The molecule has 0 bridgehead atoms. The Balaban J connectivity index is 2.03. The van der Waals surface area contributed by atoms with E-state index in [2.05, 4.69) is 24.2 Å². The summed E-state index contributed by atoms with van der Waals surface area (Å²) in [7, 11) is 1.60. The van der Waals surface area contributed by atoms with E-state index in [4.69, 9.17) is 4.74 Å². The van der Waals surface area contributed by atoms with Gasteiger partial charge in [-0.05, 0) is 42.7 Å². The van der Waals surface area contributed by atoms with Crippen LogP contribution in [0.2, 0.25) is 0 Å². The summed E-state index contributed by atoms with van der Waals surface area (Å²) in [4.78, 5) is 31.3. The molecule has 2 heterocycles. The third-order valence-corrected chi connectivity index (χ3v) is 4.86. The predicted octanol–water partition coefficient (Wildman–Crippen LogP) is 3.22. The van der Waals surface area contributed by atoms with Crippen LogP contribution in [0, 0.1) is 5.92 Å². The van der Waals surface area contributed by atoms with Crippen LogP contribution in [0.15, 0.2) is 53.2 Å². The van der Waals surface area contributed by atoms with E-state index >= 15 is 0 Å². The zero-order valence-electron chi connectivity index (χ0n) is 17.3. The molecule has 29 heavy (non-hydrogen) atoms. The van der Waals surface area contributed by atoms with Crippen molar-refractivity contribution in [2.24, 2.45) is 10.9 Å². The lowest BCUT2D eigenvalue weighted by molar-refractivity contribution is -0.128. The van der Waals surface area contributed by atoms with E-state index in [1.54, 1.807) is 30.4 Å². The van der Waals surface area contributed by atoms with Gasteiger partial charge in [-0.2, -0.15) is 0 Å². The molecule has 3 rings (SSSR count). The Kier molecular flexibility index (Phi) is 6.32. The molecule has 152 valence electrons. The van der Waals surface area contributed by atoms with Crippen LogP contribution in [0.4, 0.5) is 0 Å². The molecule has 0 spiro atoms. The standard InChI is InChI=1S/C23H27N3O3/c1-5-6-11-26-14-19(17-9-10-24-21(17)23(26)28)18-12-16(7-8-20(18)29-4)22(27)25-13-15(2)3/h5-10,12,14-15,21H,11,13H2,1-4H3,(H,25,27)/b6-5+. The first-order valence-corrected chi connectivity index (χ1v) is 9.80. The van der Waals surface area contributed by atoms with Crippen LogP contribution in [0.5, 0.6) is 5.75 Å². The average Bonchev–Trinajstić information content (AvgIpc) is 3.21. The zero-order valence-corrected chi connectivity index (χ0v) is 17.3. The lowest BCUT2D eigenvalue weighted by Gasteiger charge is -2.29. The third-order valence-electron chi connectivity index (χ3n) is 4.86. The summed E-state index contributed by atoms with van der Waals surface area (Å²) in [6, 6.07) is 4.81. The van der Waals surface area contributed by atoms with E-state index in [9.17, 15) is 9.59 Å². The van der Waals surface area contributed by atoms with Crippen LogP contribution >= 0.6 is 0 Å². The maximum Gasteiger partial charge on any atom is 0.256 e. The molecular weight excluding hydrogens is 366 g/mol. The highest BCUT2D eigenvalue weighted by Gasteiger charge is 2.35. The molecule has 2 amide bonds. The Bertz CT molecular complexity index is 925. The lowest BCUT2D eigenvalue weighted by atomic mass is 9.89. The second-order valence-corrected chi connectivity index (χ2v) is 7.44. The van der Waals surface area contributed by atoms with Crippen LogP contribution in [0.1, 0.15) is 36.7 Å². The van der Waals surface area contributed by atoms with Crippen molar-refractivity contribution >= 4 is 23.6 Å². The van der Waals surface area contributed by atoms with Gasteiger partial charge in [0.25, 0.3) is 11.8 Å². The number of aliphatic imine (C=N–C) groups is 1. The number of hydrogen-bond acceptors (Lipinski definition) is 4. The maximum absolute atomic E-state index is 12.8. The van der Waals surface area contributed by atoms with E-state index in [0.717, 1.165) is 16.7 Å². The number of ether oxygens (including phenoxy) is 1. The molecule has 2 aliphatic rings. The summed E-state index contributed by atoms with van der Waals surface area (Å²) in [5.74, 6) is 0.819. The summed E-state index contributed by atoms with van der Waals surface area (Å²) in [5.41, 5.74) is 2.98. The summed E-state index contributed by atoms with van der Waals surface area (Å²) < 4.78 is 5.57. The van der Waals surface area contributed by atoms with Gasteiger partial charge in [-0.3, -0.25) is 14.6 Å². The number of methoxy groups -OCH3 is 1. The van der Waals surface area contributed by atoms with Crippen LogP contribution < -0.4 is 10.1 Å². The van der Waals surface area contributed by atoms with Crippen molar-refractivity contribution in [2.45, 2.75) is 26.8 Å². The van der Waals surface area contributed by atoms with Crippen LogP contribution in [-0.4, -0.2) is 49.2 Å². The molecule has 1 aromatic rings. The first-order chi connectivity index (χ1) is 14.0. The second kappa shape index (κ2) is 8.90. The summed E-state index contributed by atoms with van der Waals surface area (Å²) >= 11 is 0. The number of benzene rings is 1. The molecule has 6 heteroatoms. The maximum atomic E-state index is 12.8. The second-order valence-electron chi connectivity index (χ2n) is 7.44. The minimum absolute atomic E-state index is 0.0587. The van der Waals surface area contributed by atoms with Crippen LogP contribution in [0.3, 0.4) is 0 Å². The van der Waals surface area contributed by atoms with Gasteiger partial charge in [0.05, 0.1) is 7.11 Å². The number of fused-ring (bicyclic) bond motifs is 1.